The van der Waals surface area contributed by atoms with Gasteiger partial charge >= 0.3 is 18.0 Å². The lowest BCUT2D eigenvalue weighted by Crippen LogP contribution is -2.38. The highest BCUT2D eigenvalue weighted by molar-refractivity contribution is 5.90. The number of aliphatic carboxylic acids is 1. The summed E-state index contributed by atoms with van der Waals surface area (Å²) in [7, 11) is 1.11. The first-order valence-corrected chi connectivity index (χ1v) is 8.78. The van der Waals surface area contributed by atoms with Crippen LogP contribution in [0.3, 0.4) is 0 Å². The van der Waals surface area contributed by atoms with Crippen LogP contribution in [0.2, 0.25) is 0 Å². The number of nitrogens with zero attached hydrogens (tertiary/aromatic N) is 2. The first-order chi connectivity index (χ1) is 13.6. The van der Waals surface area contributed by atoms with Crippen LogP contribution in [0.4, 0.5) is 4.79 Å². The smallest absolute Gasteiger partial charge is 0.443 e. The molecule has 1 aromatic rings. The van der Waals surface area contributed by atoms with E-state index in [1.165, 1.54) is 24.3 Å². The maximum atomic E-state index is 12.4. The Morgan fingerprint density at radius 2 is 1.83 bits per heavy atom. The van der Waals surface area contributed by atoms with Gasteiger partial charge in [0, 0.05) is 6.42 Å². The second-order valence-corrected chi connectivity index (χ2v) is 6.70. The highest BCUT2D eigenvalue weighted by Gasteiger charge is 2.26. The molecule has 1 amide bonds. The van der Waals surface area contributed by atoms with Crippen molar-refractivity contribution in [1.82, 2.24) is 5.06 Å². The highest BCUT2D eigenvalue weighted by Crippen LogP contribution is 2.19. The fourth-order valence-corrected chi connectivity index (χ4v) is 2.64. The molecule has 0 spiro atoms. The van der Waals surface area contributed by atoms with Crippen molar-refractivity contribution in [3.8, 4) is 0 Å². The van der Waals surface area contributed by atoms with E-state index < -0.39 is 29.0 Å². The van der Waals surface area contributed by atoms with Crippen molar-refractivity contribution in [2.24, 2.45) is 11.8 Å². The molecule has 0 heterocycles. The highest BCUT2D eigenvalue weighted by atomic mass is 16.9. The third-order valence-corrected chi connectivity index (χ3v) is 3.79. The van der Waals surface area contributed by atoms with Gasteiger partial charge < -0.3 is 19.5 Å². The topological polar surface area (TPSA) is 146 Å². The summed E-state index contributed by atoms with van der Waals surface area (Å²) in [5.74, 6) is -2.17. The minimum absolute atomic E-state index is 0.0856. The molecule has 0 fully saturated rings. The van der Waals surface area contributed by atoms with E-state index in [9.17, 15) is 24.5 Å². The molecule has 1 rings (SSSR count). The van der Waals surface area contributed by atoms with E-state index >= 15 is 0 Å². The number of carbonyl (C=O) groups is 3. The predicted octanol–water partition coefficient (Wildman–Crippen LogP) is 2.67. The second kappa shape index (κ2) is 11.5. The maximum absolute atomic E-state index is 12.4. The van der Waals surface area contributed by atoms with Gasteiger partial charge in [-0.1, -0.05) is 26.0 Å². The second-order valence-electron chi connectivity index (χ2n) is 6.70. The van der Waals surface area contributed by atoms with E-state index in [0.717, 1.165) is 7.11 Å². The zero-order valence-electron chi connectivity index (χ0n) is 16.4. The number of carbonyl (C=O) groups excluding carboxylic acids is 2. The standard InChI is InChI=1S/C18H24N2O9/c1-12(2)8-14(9-16(21)22)10-19(18(24)27-3)29-17(23)15-6-4-13(5-7-15)11-28-20(25)26/h4-7,12,14H,8-11H2,1-3H3,(H,21,22)/t14-/m0/s1. The molecule has 29 heavy (non-hydrogen) atoms. The van der Waals surface area contributed by atoms with Gasteiger partial charge in [-0.25, -0.2) is 9.59 Å². The van der Waals surface area contributed by atoms with Crippen LogP contribution < -0.4 is 0 Å². The molecule has 1 N–H and O–H groups in total. The van der Waals surface area contributed by atoms with Gasteiger partial charge in [-0.15, -0.1) is 15.2 Å². The van der Waals surface area contributed by atoms with Crippen LogP contribution in [0.1, 0.15) is 42.6 Å². The molecular weight excluding hydrogens is 388 g/mol. The minimum Gasteiger partial charge on any atom is -0.481 e. The van der Waals surface area contributed by atoms with E-state index in [1.807, 2.05) is 13.8 Å². The van der Waals surface area contributed by atoms with Gasteiger partial charge in [0.2, 0.25) is 0 Å². The van der Waals surface area contributed by atoms with Crippen molar-refractivity contribution in [1.29, 1.82) is 0 Å². The summed E-state index contributed by atoms with van der Waals surface area (Å²) in [4.78, 5) is 55.0. The molecular formula is C18H24N2O9. The van der Waals surface area contributed by atoms with E-state index in [0.29, 0.717) is 17.0 Å². The Bertz CT molecular complexity index is 719. The fourth-order valence-electron chi connectivity index (χ4n) is 2.64. The maximum Gasteiger partial charge on any atom is 0.443 e. The third kappa shape index (κ3) is 8.91. The zero-order chi connectivity index (χ0) is 22.0. The zero-order valence-corrected chi connectivity index (χ0v) is 16.4. The molecule has 0 aliphatic carbocycles. The van der Waals surface area contributed by atoms with Crippen LogP contribution in [0.25, 0.3) is 0 Å². The Morgan fingerprint density at radius 1 is 1.21 bits per heavy atom. The number of carboxylic acid groups (broad SMARTS) is 1. The van der Waals surface area contributed by atoms with Crippen molar-refractivity contribution < 1.29 is 39.0 Å². The number of carboxylic acids is 1. The van der Waals surface area contributed by atoms with Gasteiger partial charge in [0.15, 0.2) is 0 Å². The summed E-state index contributed by atoms with van der Waals surface area (Å²) in [6.07, 6.45) is -0.634. The molecule has 11 nitrogen and oxygen atoms in total. The summed E-state index contributed by atoms with van der Waals surface area (Å²) >= 11 is 0. The summed E-state index contributed by atoms with van der Waals surface area (Å²) in [6.45, 7) is 3.40. The predicted molar refractivity (Wildman–Crippen MR) is 97.9 cm³/mol. The van der Waals surface area contributed by atoms with E-state index in [2.05, 4.69) is 9.57 Å². The average Bonchev–Trinajstić information content (AvgIpc) is 2.64. The summed E-state index contributed by atoms with van der Waals surface area (Å²) in [5.41, 5.74) is 0.545. The number of hydroxylamine groups is 2. The van der Waals surface area contributed by atoms with Crippen LogP contribution >= 0.6 is 0 Å². The molecule has 11 heteroatoms. The Kier molecular flexibility index (Phi) is 9.36. The molecule has 0 radical (unpaired) electrons. The normalized spacial score (nSPS) is 11.4. The minimum atomic E-state index is -1.03. The van der Waals surface area contributed by atoms with E-state index in [-0.39, 0.29) is 31.1 Å². The van der Waals surface area contributed by atoms with Crippen molar-refractivity contribution in [2.45, 2.75) is 33.3 Å². The summed E-state index contributed by atoms with van der Waals surface area (Å²) in [6, 6.07) is 5.60. The molecule has 0 aromatic heterocycles. The van der Waals surface area contributed by atoms with E-state index in [4.69, 9.17) is 9.94 Å². The number of amides is 1. The lowest BCUT2D eigenvalue weighted by Gasteiger charge is -2.25. The molecule has 0 bridgehead atoms. The lowest BCUT2D eigenvalue weighted by molar-refractivity contribution is -0.763. The van der Waals surface area contributed by atoms with Crippen LogP contribution in [0.5, 0.6) is 0 Å². The first-order valence-electron chi connectivity index (χ1n) is 8.78. The fraction of sp³-hybridized carbons (Fsp3) is 0.500. The van der Waals surface area contributed by atoms with Crippen molar-refractivity contribution in [3.63, 3.8) is 0 Å². The lowest BCUT2D eigenvalue weighted by atomic mass is 9.94. The number of rotatable bonds is 10. The Morgan fingerprint density at radius 3 is 2.31 bits per heavy atom. The third-order valence-electron chi connectivity index (χ3n) is 3.79. The first kappa shape index (κ1) is 23.7. The number of benzene rings is 1. The van der Waals surface area contributed by atoms with Crippen molar-refractivity contribution >= 4 is 18.0 Å². The van der Waals surface area contributed by atoms with Gasteiger partial charge in [-0.05, 0) is 36.0 Å². The van der Waals surface area contributed by atoms with Gasteiger partial charge in [0.25, 0.3) is 5.09 Å². The number of hydrogen-bond acceptors (Lipinski definition) is 8. The van der Waals surface area contributed by atoms with E-state index in [1.54, 1.807) is 0 Å². The Balaban J connectivity index is 2.85. The summed E-state index contributed by atoms with van der Waals surface area (Å²) < 4.78 is 4.62. The van der Waals surface area contributed by atoms with Crippen LogP contribution in [0.15, 0.2) is 24.3 Å². The molecule has 1 aromatic carbocycles. The monoisotopic (exact) mass is 412 g/mol. The van der Waals surface area contributed by atoms with Gasteiger partial charge in [-0.2, -0.15) is 0 Å². The largest absolute Gasteiger partial charge is 0.481 e. The average molecular weight is 412 g/mol. The number of methoxy groups -OCH3 is 1. The number of ether oxygens (including phenoxy) is 1. The summed E-state index contributed by atoms with van der Waals surface area (Å²) in [5, 5.41) is 19.0. The SMILES string of the molecule is COC(=O)N(C[C@H](CC(=O)O)CC(C)C)OC(=O)c1ccc(CO[N+](=O)[O-])cc1. The van der Waals surface area contributed by atoms with Crippen molar-refractivity contribution in [3.05, 3.63) is 45.5 Å². The van der Waals surface area contributed by atoms with Crippen LogP contribution in [0, 0.1) is 22.0 Å². The molecule has 0 saturated carbocycles. The molecule has 0 unspecified atom stereocenters. The van der Waals surface area contributed by atoms with Crippen molar-refractivity contribution in [2.75, 3.05) is 13.7 Å². The molecule has 0 aliphatic heterocycles. The van der Waals surface area contributed by atoms with Crippen LogP contribution in [-0.2, 0) is 25.8 Å². The Hall–Kier alpha value is -3.37. The molecule has 1 atom stereocenters. The number of hydrogen-bond donors (Lipinski definition) is 1. The van der Waals surface area contributed by atoms with Gasteiger partial charge in [-0.3, -0.25) is 4.79 Å². The quantitative estimate of drug-likeness (QED) is 0.452. The van der Waals surface area contributed by atoms with Gasteiger partial charge in [0.1, 0.15) is 6.61 Å². The van der Waals surface area contributed by atoms with Crippen LogP contribution in [-0.4, -0.2) is 46.9 Å². The molecule has 0 saturated heterocycles. The Labute approximate surface area is 167 Å². The molecule has 0 aliphatic rings. The van der Waals surface area contributed by atoms with Gasteiger partial charge in [0.05, 0.1) is 19.2 Å². The molecule has 160 valence electrons.